The number of aromatic nitrogens is 2. The van der Waals surface area contributed by atoms with Crippen molar-refractivity contribution in [3.8, 4) is 23.1 Å². The number of nitrogens with zero attached hydrogens (tertiary/aromatic N) is 2. The predicted octanol–water partition coefficient (Wildman–Crippen LogP) is 3.81. The van der Waals surface area contributed by atoms with E-state index in [0.29, 0.717) is 17.0 Å². The van der Waals surface area contributed by atoms with Crippen LogP contribution in [0.5, 0.6) is 5.75 Å². The van der Waals surface area contributed by atoms with Crippen LogP contribution in [0.4, 0.5) is 5.69 Å². The summed E-state index contributed by atoms with van der Waals surface area (Å²) in [6, 6.07) is 16.0. The Morgan fingerprint density at radius 2 is 1.93 bits per heavy atom. The first-order valence-electron chi connectivity index (χ1n) is 8.37. The van der Waals surface area contributed by atoms with E-state index in [4.69, 9.17) is 4.74 Å². The number of hydrogen-bond donors (Lipinski definition) is 2. The Kier molecular flexibility index (Phi) is 6.69. The molecule has 2 aromatic carbocycles. The molecule has 2 N–H and O–H groups in total. The maximum atomic E-state index is 12.3. The second-order valence-electron chi connectivity index (χ2n) is 5.78. The molecule has 146 valence electrons. The van der Waals surface area contributed by atoms with Gasteiger partial charge in [-0.1, -0.05) is 27.7 Å². The summed E-state index contributed by atoms with van der Waals surface area (Å²) in [4.78, 5) is 31.4. The molecule has 0 unspecified atom stereocenters. The van der Waals surface area contributed by atoms with Crippen molar-refractivity contribution in [1.82, 2.24) is 9.97 Å². The van der Waals surface area contributed by atoms with Gasteiger partial charge >= 0.3 is 0 Å². The molecule has 3 rings (SSSR count). The number of carbonyl (C=O) groups is 1. The van der Waals surface area contributed by atoms with E-state index < -0.39 is 5.56 Å². The highest BCUT2D eigenvalue weighted by atomic mass is 79.9. The van der Waals surface area contributed by atoms with E-state index >= 15 is 0 Å². The number of anilines is 1. The first-order chi connectivity index (χ1) is 14.0. The molecular formula is C20H15BrN4O3S. The highest BCUT2D eigenvalue weighted by molar-refractivity contribution is 9.10. The molecule has 3 aromatic rings. The summed E-state index contributed by atoms with van der Waals surface area (Å²) in [5.41, 5.74) is 0.895. The van der Waals surface area contributed by atoms with E-state index in [9.17, 15) is 14.9 Å². The molecule has 9 heteroatoms. The van der Waals surface area contributed by atoms with Crippen molar-refractivity contribution in [1.29, 1.82) is 5.26 Å². The second-order valence-corrected chi connectivity index (χ2v) is 7.66. The summed E-state index contributed by atoms with van der Waals surface area (Å²) < 4.78 is 6.04. The Labute approximate surface area is 179 Å². The van der Waals surface area contributed by atoms with Gasteiger partial charge in [-0.15, -0.1) is 0 Å². The summed E-state index contributed by atoms with van der Waals surface area (Å²) in [5.74, 6) is 0.457. The van der Waals surface area contributed by atoms with Gasteiger partial charge in [0.15, 0.2) is 5.16 Å². The van der Waals surface area contributed by atoms with E-state index in [-0.39, 0.29) is 28.1 Å². The number of aromatic amines is 1. The largest absolute Gasteiger partial charge is 0.497 e. The zero-order chi connectivity index (χ0) is 20.8. The second kappa shape index (κ2) is 9.41. The first kappa shape index (κ1) is 20.6. The van der Waals surface area contributed by atoms with Gasteiger partial charge < -0.3 is 15.0 Å². The number of benzene rings is 2. The average molecular weight is 471 g/mol. The number of nitriles is 1. The molecule has 0 aliphatic heterocycles. The summed E-state index contributed by atoms with van der Waals surface area (Å²) in [7, 11) is 1.55. The van der Waals surface area contributed by atoms with Crippen molar-refractivity contribution in [2.24, 2.45) is 0 Å². The average Bonchev–Trinajstić information content (AvgIpc) is 2.73. The number of rotatable bonds is 6. The molecular weight excluding hydrogens is 456 g/mol. The molecule has 1 amide bonds. The van der Waals surface area contributed by atoms with E-state index in [2.05, 4.69) is 31.2 Å². The number of methoxy groups -OCH3 is 1. The van der Waals surface area contributed by atoms with Gasteiger partial charge in [0.25, 0.3) is 5.56 Å². The van der Waals surface area contributed by atoms with E-state index in [1.165, 1.54) is 0 Å². The van der Waals surface area contributed by atoms with Crippen LogP contribution in [-0.2, 0) is 4.79 Å². The van der Waals surface area contributed by atoms with Gasteiger partial charge in [0.1, 0.15) is 17.4 Å². The maximum Gasteiger partial charge on any atom is 0.270 e. The lowest BCUT2D eigenvalue weighted by molar-refractivity contribution is -0.113. The van der Waals surface area contributed by atoms with Crippen LogP contribution in [0.1, 0.15) is 5.56 Å². The Balaban J connectivity index is 1.78. The number of H-pyrrole nitrogens is 1. The number of amides is 1. The van der Waals surface area contributed by atoms with Crippen LogP contribution in [-0.4, -0.2) is 28.7 Å². The molecule has 0 radical (unpaired) electrons. The lowest BCUT2D eigenvalue weighted by Gasteiger charge is -2.08. The zero-order valence-electron chi connectivity index (χ0n) is 15.2. The third-order valence-electron chi connectivity index (χ3n) is 3.84. The van der Waals surface area contributed by atoms with Gasteiger partial charge in [0, 0.05) is 15.7 Å². The lowest BCUT2D eigenvalue weighted by Crippen LogP contribution is -2.17. The van der Waals surface area contributed by atoms with Gasteiger partial charge in [0.2, 0.25) is 5.91 Å². The summed E-state index contributed by atoms with van der Waals surface area (Å²) in [6.45, 7) is 0. The van der Waals surface area contributed by atoms with Crippen molar-refractivity contribution < 1.29 is 9.53 Å². The Hall–Kier alpha value is -3.09. The van der Waals surface area contributed by atoms with Crippen LogP contribution in [0.3, 0.4) is 0 Å². The minimum atomic E-state index is -0.552. The van der Waals surface area contributed by atoms with Crippen LogP contribution in [0.15, 0.2) is 63.0 Å². The highest BCUT2D eigenvalue weighted by Crippen LogP contribution is 2.24. The molecule has 0 bridgehead atoms. The predicted molar refractivity (Wildman–Crippen MR) is 115 cm³/mol. The molecule has 7 nitrogen and oxygen atoms in total. The number of halogens is 1. The Bertz CT molecular complexity index is 1120. The summed E-state index contributed by atoms with van der Waals surface area (Å²) in [5, 5.41) is 12.4. The SMILES string of the molecule is COc1ccc(-c2nc(SCC(=O)Nc3ccc(Br)cc3)[nH]c(=O)c2C#N)cc1. The van der Waals surface area contributed by atoms with E-state index in [1.807, 2.05) is 18.2 Å². The molecule has 0 atom stereocenters. The number of hydrogen-bond acceptors (Lipinski definition) is 6. The molecule has 1 aromatic heterocycles. The smallest absolute Gasteiger partial charge is 0.270 e. The minimum absolute atomic E-state index is 0.0486. The van der Waals surface area contributed by atoms with Crippen LogP contribution in [0, 0.1) is 11.3 Å². The van der Waals surface area contributed by atoms with Crippen LogP contribution in [0.2, 0.25) is 0 Å². The van der Waals surface area contributed by atoms with Crippen molar-refractivity contribution >= 4 is 39.3 Å². The van der Waals surface area contributed by atoms with Gasteiger partial charge in [0.05, 0.1) is 18.6 Å². The quantitative estimate of drug-likeness (QED) is 0.418. The van der Waals surface area contributed by atoms with Crippen molar-refractivity contribution in [2.75, 3.05) is 18.2 Å². The van der Waals surface area contributed by atoms with Crippen LogP contribution < -0.4 is 15.6 Å². The fourth-order valence-corrected chi connectivity index (χ4v) is 3.37. The molecule has 1 heterocycles. The van der Waals surface area contributed by atoms with Crippen molar-refractivity contribution in [2.45, 2.75) is 5.16 Å². The van der Waals surface area contributed by atoms with E-state index in [0.717, 1.165) is 16.2 Å². The normalized spacial score (nSPS) is 10.2. The number of ether oxygens (including phenoxy) is 1. The standard InChI is InChI=1S/C20H15BrN4O3S/c1-28-15-8-2-12(3-9-15)18-16(10-22)19(27)25-20(24-18)29-11-17(26)23-14-6-4-13(21)5-7-14/h2-9H,11H2,1H3,(H,23,26)(H,24,25,27). The highest BCUT2D eigenvalue weighted by Gasteiger charge is 2.15. The van der Waals surface area contributed by atoms with Crippen molar-refractivity contribution in [3.05, 3.63) is 68.9 Å². The summed E-state index contributed by atoms with van der Waals surface area (Å²) in [6.07, 6.45) is 0. The maximum absolute atomic E-state index is 12.3. The van der Waals surface area contributed by atoms with Gasteiger partial charge in [-0.05, 0) is 48.5 Å². The van der Waals surface area contributed by atoms with Crippen LogP contribution >= 0.6 is 27.7 Å². The molecule has 0 saturated carbocycles. The monoisotopic (exact) mass is 470 g/mol. The number of thioether (sulfide) groups is 1. The van der Waals surface area contributed by atoms with E-state index in [1.54, 1.807) is 43.5 Å². The molecule has 0 saturated heterocycles. The molecule has 0 aliphatic rings. The molecule has 29 heavy (non-hydrogen) atoms. The first-order valence-corrected chi connectivity index (χ1v) is 10.1. The zero-order valence-corrected chi connectivity index (χ0v) is 17.6. The third-order valence-corrected chi connectivity index (χ3v) is 5.24. The number of nitrogens with one attached hydrogen (secondary N) is 2. The van der Waals surface area contributed by atoms with Gasteiger partial charge in [-0.2, -0.15) is 5.26 Å². The Morgan fingerprint density at radius 3 is 2.55 bits per heavy atom. The number of carbonyl (C=O) groups excluding carboxylic acids is 1. The topological polar surface area (TPSA) is 108 Å². The molecule has 0 spiro atoms. The van der Waals surface area contributed by atoms with Crippen molar-refractivity contribution in [3.63, 3.8) is 0 Å². The fourth-order valence-electron chi connectivity index (χ4n) is 2.45. The Morgan fingerprint density at radius 1 is 1.24 bits per heavy atom. The minimum Gasteiger partial charge on any atom is -0.497 e. The van der Waals surface area contributed by atoms with Gasteiger partial charge in [-0.25, -0.2) is 4.98 Å². The third kappa shape index (κ3) is 5.25. The fraction of sp³-hybridized carbons (Fsp3) is 0.100. The summed E-state index contributed by atoms with van der Waals surface area (Å²) >= 11 is 4.42. The van der Waals surface area contributed by atoms with Crippen LogP contribution in [0.25, 0.3) is 11.3 Å². The molecule has 0 aliphatic carbocycles. The van der Waals surface area contributed by atoms with Gasteiger partial charge in [-0.3, -0.25) is 9.59 Å². The lowest BCUT2D eigenvalue weighted by atomic mass is 10.1. The molecule has 0 fully saturated rings.